The van der Waals surface area contributed by atoms with Crippen molar-refractivity contribution in [1.29, 1.82) is 0 Å². The highest BCUT2D eigenvalue weighted by molar-refractivity contribution is 5.96. The number of rotatable bonds is 10. The predicted molar refractivity (Wildman–Crippen MR) is 142 cm³/mol. The number of hydrogen-bond donors (Lipinski definition) is 3. The zero-order chi connectivity index (χ0) is 24.9. The van der Waals surface area contributed by atoms with Gasteiger partial charge in [0.2, 0.25) is 5.91 Å². The molecule has 0 radical (unpaired) electrons. The van der Waals surface area contributed by atoms with Gasteiger partial charge in [-0.1, -0.05) is 91.7 Å². The molecule has 1 aliphatic rings. The van der Waals surface area contributed by atoms with E-state index in [0.717, 1.165) is 23.1 Å². The van der Waals surface area contributed by atoms with Crippen molar-refractivity contribution in [2.24, 2.45) is 0 Å². The maximum absolute atomic E-state index is 11.8. The summed E-state index contributed by atoms with van der Waals surface area (Å²) in [4.78, 5) is 23.5. The molecule has 0 heterocycles. The summed E-state index contributed by atoms with van der Waals surface area (Å²) < 4.78 is 0. The van der Waals surface area contributed by atoms with Crippen LogP contribution in [0.4, 0.5) is 0 Å². The van der Waals surface area contributed by atoms with E-state index in [9.17, 15) is 9.59 Å². The van der Waals surface area contributed by atoms with Crippen LogP contribution in [0.15, 0.2) is 84.9 Å². The summed E-state index contributed by atoms with van der Waals surface area (Å²) in [6.45, 7) is 5.81. The summed E-state index contributed by atoms with van der Waals surface area (Å²) in [7, 11) is 0. The Kier molecular flexibility index (Phi) is 10.5. The molecule has 0 spiro atoms. The number of carbonyl (C=O) groups excluding carboxylic acids is 2. The van der Waals surface area contributed by atoms with E-state index in [0.29, 0.717) is 12.1 Å². The molecule has 2 amide bonds. The van der Waals surface area contributed by atoms with Crippen molar-refractivity contribution in [3.05, 3.63) is 107 Å². The Bertz CT molecular complexity index is 1040. The Morgan fingerprint density at radius 2 is 1.51 bits per heavy atom. The molecule has 1 aliphatic carbocycles. The third-order valence-electron chi connectivity index (χ3n) is 6.01. The van der Waals surface area contributed by atoms with Gasteiger partial charge < -0.3 is 16.0 Å². The molecule has 4 rings (SSSR count). The van der Waals surface area contributed by atoms with Gasteiger partial charge in [0.1, 0.15) is 0 Å². The number of aryl methyl sites for hydroxylation is 1. The van der Waals surface area contributed by atoms with Crippen LogP contribution in [0.1, 0.15) is 59.2 Å². The van der Waals surface area contributed by atoms with E-state index in [1.54, 1.807) is 12.1 Å². The van der Waals surface area contributed by atoms with Gasteiger partial charge >= 0.3 is 0 Å². The number of carbonyl (C=O) groups is 2. The van der Waals surface area contributed by atoms with Crippen molar-refractivity contribution in [1.82, 2.24) is 16.0 Å². The van der Waals surface area contributed by atoms with Gasteiger partial charge in [0.15, 0.2) is 0 Å². The fraction of sp³-hybridized carbons (Fsp3) is 0.333. The van der Waals surface area contributed by atoms with Gasteiger partial charge in [-0.3, -0.25) is 9.59 Å². The van der Waals surface area contributed by atoms with E-state index in [1.165, 1.54) is 31.4 Å². The summed E-state index contributed by atoms with van der Waals surface area (Å²) in [6, 6.07) is 28.4. The molecule has 3 aromatic rings. The standard InChI is InChI=1S/C17H18N2O2.C13H19N/c1-13-7-9-15(10-8-13)17(21)19-12-16(20)18-11-14-5-3-2-4-6-14;1-2-3-9-14-13-10-12(13)11-7-5-4-6-8-11/h2-10H,11-12H2,1H3,(H,18,20)(H,19,21);4-8,12-14H,2-3,9-10H2,1H3. The quantitative estimate of drug-likeness (QED) is 0.366. The molecule has 5 nitrogen and oxygen atoms in total. The minimum atomic E-state index is -0.245. The normalized spacial score (nSPS) is 15.9. The van der Waals surface area contributed by atoms with E-state index < -0.39 is 0 Å². The third kappa shape index (κ3) is 9.38. The minimum Gasteiger partial charge on any atom is -0.350 e. The van der Waals surface area contributed by atoms with Crippen LogP contribution in [0.3, 0.4) is 0 Å². The predicted octanol–water partition coefficient (Wildman–Crippen LogP) is 4.97. The van der Waals surface area contributed by atoms with E-state index in [4.69, 9.17) is 0 Å². The van der Waals surface area contributed by atoms with Crippen LogP contribution in [-0.2, 0) is 11.3 Å². The van der Waals surface area contributed by atoms with Crippen LogP contribution >= 0.6 is 0 Å². The first-order valence-corrected chi connectivity index (χ1v) is 12.5. The Morgan fingerprint density at radius 1 is 0.857 bits per heavy atom. The molecule has 0 bridgehead atoms. The lowest BCUT2D eigenvalue weighted by Crippen LogP contribution is -2.36. The van der Waals surface area contributed by atoms with E-state index >= 15 is 0 Å². The first-order chi connectivity index (χ1) is 17.1. The second-order valence-electron chi connectivity index (χ2n) is 8.98. The molecule has 184 valence electrons. The maximum atomic E-state index is 11.8. The second-order valence-corrected chi connectivity index (χ2v) is 8.98. The largest absolute Gasteiger partial charge is 0.350 e. The van der Waals surface area contributed by atoms with Crippen LogP contribution in [0, 0.1) is 6.92 Å². The summed E-state index contributed by atoms with van der Waals surface area (Å²) in [5, 5.41) is 8.97. The van der Waals surface area contributed by atoms with E-state index in [-0.39, 0.29) is 18.4 Å². The zero-order valence-corrected chi connectivity index (χ0v) is 20.8. The fourth-order valence-corrected chi connectivity index (χ4v) is 3.78. The van der Waals surface area contributed by atoms with Gasteiger partial charge in [-0.2, -0.15) is 0 Å². The molecule has 0 aliphatic heterocycles. The number of hydrogen-bond acceptors (Lipinski definition) is 3. The van der Waals surface area contributed by atoms with Crippen molar-refractivity contribution in [3.8, 4) is 0 Å². The fourth-order valence-electron chi connectivity index (χ4n) is 3.78. The second kappa shape index (κ2) is 14.1. The summed E-state index contributed by atoms with van der Waals surface area (Å²) >= 11 is 0. The minimum absolute atomic E-state index is 0.0282. The van der Waals surface area contributed by atoms with Crippen molar-refractivity contribution < 1.29 is 9.59 Å². The average Bonchev–Trinajstić information content (AvgIpc) is 3.68. The van der Waals surface area contributed by atoms with E-state index in [2.05, 4.69) is 53.2 Å². The molecule has 1 fully saturated rings. The monoisotopic (exact) mass is 471 g/mol. The smallest absolute Gasteiger partial charge is 0.251 e. The maximum Gasteiger partial charge on any atom is 0.251 e. The SMILES string of the molecule is CCCCNC1CC1c1ccccc1.Cc1ccc(C(=O)NCC(=O)NCc2ccccc2)cc1. The van der Waals surface area contributed by atoms with Gasteiger partial charge in [-0.05, 0) is 49.6 Å². The number of amides is 2. The third-order valence-corrected chi connectivity index (χ3v) is 6.01. The molecule has 3 N–H and O–H groups in total. The van der Waals surface area contributed by atoms with Crippen molar-refractivity contribution in [3.63, 3.8) is 0 Å². The van der Waals surface area contributed by atoms with Crippen molar-refractivity contribution in [2.45, 2.75) is 51.6 Å². The highest BCUT2D eigenvalue weighted by Crippen LogP contribution is 2.40. The average molecular weight is 472 g/mol. The van der Waals surface area contributed by atoms with Gasteiger partial charge in [0.25, 0.3) is 5.91 Å². The lowest BCUT2D eigenvalue weighted by Gasteiger charge is -2.07. The molecule has 0 aromatic heterocycles. The highest BCUT2D eigenvalue weighted by Gasteiger charge is 2.37. The van der Waals surface area contributed by atoms with Gasteiger partial charge in [0, 0.05) is 24.1 Å². The van der Waals surface area contributed by atoms with Gasteiger partial charge in [-0.15, -0.1) is 0 Å². The zero-order valence-electron chi connectivity index (χ0n) is 20.8. The topological polar surface area (TPSA) is 70.2 Å². The number of nitrogens with one attached hydrogen (secondary N) is 3. The number of benzene rings is 3. The molecule has 35 heavy (non-hydrogen) atoms. The van der Waals surface area contributed by atoms with Gasteiger partial charge in [-0.25, -0.2) is 0 Å². The Labute approximate surface area is 209 Å². The molecular weight excluding hydrogens is 434 g/mol. The van der Waals surface area contributed by atoms with Crippen molar-refractivity contribution in [2.75, 3.05) is 13.1 Å². The first-order valence-electron chi connectivity index (χ1n) is 12.5. The number of unbranched alkanes of at least 4 members (excludes halogenated alkanes) is 1. The molecule has 0 saturated heterocycles. The van der Waals surface area contributed by atoms with Crippen LogP contribution < -0.4 is 16.0 Å². The van der Waals surface area contributed by atoms with Crippen molar-refractivity contribution >= 4 is 11.8 Å². The van der Waals surface area contributed by atoms with Crippen LogP contribution in [0.2, 0.25) is 0 Å². The summed E-state index contributed by atoms with van der Waals surface area (Å²) in [6.07, 6.45) is 3.92. The molecule has 2 atom stereocenters. The molecular formula is C30H37N3O2. The lowest BCUT2D eigenvalue weighted by molar-refractivity contribution is -0.120. The molecule has 3 aromatic carbocycles. The van der Waals surface area contributed by atoms with Crippen LogP contribution in [-0.4, -0.2) is 30.9 Å². The van der Waals surface area contributed by atoms with E-state index in [1.807, 2.05) is 49.4 Å². The summed E-state index contributed by atoms with van der Waals surface area (Å²) in [5.74, 6) is 0.331. The molecule has 2 unspecified atom stereocenters. The molecule has 5 heteroatoms. The highest BCUT2D eigenvalue weighted by atomic mass is 16.2. The summed E-state index contributed by atoms with van der Waals surface area (Å²) in [5.41, 5.74) is 4.17. The molecule has 1 saturated carbocycles. The van der Waals surface area contributed by atoms with Crippen LogP contribution in [0.5, 0.6) is 0 Å². The van der Waals surface area contributed by atoms with Gasteiger partial charge in [0.05, 0.1) is 6.54 Å². The lowest BCUT2D eigenvalue weighted by atomic mass is 10.1. The first kappa shape index (κ1) is 26.2. The Balaban J connectivity index is 0.000000211. The Hall–Kier alpha value is -3.44. The van der Waals surface area contributed by atoms with Crippen LogP contribution in [0.25, 0.3) is 0 Å². The Morgan fingerprint density at radius 3 is 2.17 bits per heavy atom.